The third kappa shape index (κ3) is 3.68. The average Bonchev–Trinajstić information content (AvgIpc) is 2.40. The van der Waals surface area contributed by atoms with Gasteiger partial charge in [0.1, 0.15) is 12.1 Å². The molecule has 2 aliphatic rings. The van der Waals surface area contributed by atoms with Crippen LogP contribution < -0.4 is 16.0 Å². The van der Waals surface area contributed by atoms with Crippen molar-refractivity contribution >= 4 is 21.8 Å². The van der Waals surface area contributed by atoms with E-state index in [0.717, 1.165) is 12.7 Å². The highest BCUT2D eigenvalue weighted by Gasteiger charge is 2.32. The molecule has 20 heavy (non-hydrogen) atoms. The van der Waals surface area contributed by atoms with Crippen LogP contribution in [0.3, 0.4) is 0 Å². The van der Waals surface area contributed by atoms with Gasteiger partial charge >= 0.3 is 0 Å². The summed E-state index contributed by atoms with van der Waals surface area (Å²) in [6, 6.07) is -1.14. The van der Waals surface area contributed by atoms with Gasteiger partial charge in [0.2, 0.25) is 21.8 Å². The lowest BCUT2D eigenvalue weighted by Crippen LogP contribution is -2.61. The van der Waals surface area contributed by atoms with Crippen molar-refractivity contribution in [2.45, 2.75) is 24.9 Å². The molecular weight excluding hydrogens is 284 g/mol. The van der Waals surface area contributed by atoms with E-state index in [0.29, 0.717) is 26.1 Å². The minimum absolute atomic E-state index is 0.0962. The monoisotopic (exact) mass is 304 g/mol. The molecule has 0 saturated carbocycles. The molecule has 2 atom stereocenters. The largest absolute Gasteiger partial charge is 0.354 e. The normalized spacial score (nSPS) is 28.8. The number of sulfonamides is 1. The molecule has 2 fully saturated rings. The lowest BCUT2D eigenvalue weighted by atomic mass is 10.1. The number of piperazine rings is 1. The number of hydrogen-bond donors (Lipinski definition) is 3. The van der Waals surface area contributed by atoms with Gasteiger partial charge in [-0.1, -0.05) is 0 Å². The molecule has 8 nitrogen and oxygen atoms in total. The second kappa shape index (κ2) is 6.06. The molecule has 0 bridgehead atoms. The van der Waals surface area contributed by atoms with Gasteiger partial charge < -0.3 is 16.0 Å². The summed E-state index contributed by atoms with van der Waals surface area (Å²) >= 11 is 0. The Hall–Kier alpha value is -1.19. The van der Waals surface area contributed by atoms with Gasteiger partial charge in [0.25, 0.3) is 0 Å². The average molecular weight is 304 g/mol. The highest BCUT2D eigenvalue weighted by molar-refractivity contribution is 7.88. The van der Waals surface area contributed by atoms with Crippen LogP contribution in [0.5, 0.6) is 0 Å². The van der Waals surface area contributed by atoms with Crippen molar-refractivity contribution in [3.8, 4) is 0 Å². The van der Waals surface area contributed by atoms with Crippen LogP contribution >= 0.6 is 0 Å². The second-order valence-corrected chi connectivity index (χ2v) is 7.10. The molecule has 2 aliphatic heterocycles. The molecule has 2 unspecified atom stereocenters. The van der Waals surface area contributed by atoms with E-state index in [2.05, 4.69) is 16.0 Å². The Morgan fingerprint density at radius 3 is 2.80 bits per heavy atom. The van der Waals surface area contributed by atoms with E-state index in [-0.39, 0.29) is 18.4 Å². The van der Waals surface area contributed by atoms with Gasteiger partial charge in [0.05, 0.1) is 6.26 Å². The summed E-state index contributed by atoms with van der Waals surface area (Å²) in [6.45, 7) is 1.50. The van der Waals surface area contributed by atoms with E-state index >= 15 is 0 Å². The summed E-state index contributed by atoms with van der Waals surface area (Å²) in [5.41, 5.74) is 0. The van der Waals surface area contributed by atoms with Crippen LogP contribution in [0.1, 0.15) is 12.8 Å². The highest BCUT2D eigenvalue weighted by atomic mass is 32.2. The molecule has 114 valence electrons. The molecule has 3 N–H and O–H groups in total. The van der Waals surface area contributed by atoms with Gasteiger partial charge in [-0.15, -0.1) is 0 Å². The zero-order chi connectivity index (χ0) is 14.8. The molecule has 0 radical (unpaired) electrons. The smallest absolute Gasteiger partial charge is 0.242 e. The van der Waals surface area contributed by atoms with E-state index in [4.69, 9.17) is 0 Å². The van der Waals surface area contributed by atoms with Crippen LogP contribution in [0.2, 0.25) is 0 Å². The Morgan fingerprint density at radius 1 is 1.40 bits per heavy atom. The summed E-state index contributed by atoms with van der Waals surface area (Å²) < 4.78 is 24.3. The lowest BCUT2D eigenvalue weighted by molar-refractivity contribution is -0.131. The Morgan fingerprint density at radius 2 is 2.15 bits per heavy atom. The van der Waals surface area contributed by atoms with Crippen LogP contribution in [0.25, 0.3) is 0 Å². The molecular formula is C11H20N4O4S. The fourth-order valence-corrected chi connectivity index (χ4v) is 3.22. The van der Waals surface area contributed by atoms with E-state index in [1.165, 1.54) is 4.31 Å². The molecule has 0 aromatic heterocycles. The molecule has 2 amide bonds. The van der Waals surface area contributed by atoms with Crippen molar-refractivity contribution in [3.63, 3.8) is 0 Å². The maximum Gasteiger partial charge on any atom is 0.242 e. The number of amides is 2. The third-order valence-corrected chi connectivity index (χ3v) is 4.80. The van der Waals surface area contributed by atoms with E-state index < -0.39 is 22.1 Å². The molecule has 0 aromatic carbocycles. The molecule has 9 heteroatoms. The fraction of sp³-hybridized carbons (Fsp3) is 0.818. The third-order valence-electron chi connectivity index (χ3n) is 3.53. The van der Waals surface area contributed by atoms with Crippen molar-refractivity contribution in [2.24, 2.45) is 0 Å². The van der Waals surface area contributed by atoms with Gasteiger partial charge in [-0.05, 0) is 12.8 Å². The fourth-order valence-electron chi connectivity index (χ4n) is 2.38. The molecule has 2 saturated heterocycles. The summed E-state index contributed by atoms with van der Waals surface area (Å²) in [5, 5.41) is 8.34. The number of carbonyl (C=O) groups excluding carboxylic acids is 2. The van der Waals surface area contributed by atoms with Crippen LogP contribution in [-0.4, -0.2) is 69.1 Å². The molecule has 2 heterocycles. The molecule has 2 rings (SSSR count). The van der Waals surface area contributed by atoms with Crippen molar-refractivity contribution in [3.05, 3.63) is 0 Å². The zero-order valence-electron chi connectivity index (χ0n) is 11.4. The van der Waals surface area contributed by atoms with Gasteiger partial charge in [-0.3, -0.25) is 9.59 Å². The van der Waals surface area contributed by atoms with E-state index in [9.17, 15) is 18.0 Å². The van der Waals surface area contributed by atoms with Gasteiger partial charge in [-0.2, -0.15) is 4.31 Å². The Kier molecular flexibility index (Phi) is 4.61. The number of carbonyl (C=O) groups is 2. The SMILES string of the molecule is CS(=O)(=O)N1CCNC(C(=O)NC2CCCNC2=O)C1. The molecule has 0 spiro atoms. The summed E-state index contributed by atoms with van der Waals surface area (Å²) in [6.07, 6.45) is 2.56. The number of piperidine rings is 1. The van der Waals surface area contributed by atoms with Crippen molar-refractivity contribution in [2.75, 3.05) is 32.4 Å². The first kappa shape index (κ1) is 15.2. The maximum atomic E-state index is 12.1. The molecule has 0 aliphatic carbocycles. The van der Waals surface area contributed by atoms with Crippen LogP contribution in [-0.2, 0) is 19.6 Å². The van der Waals surface area contributed by atoms with Gasteiger partial charge in [-0.25, -0.2) is 8.42 Å². The van der Waals surface area contributed by atoms with Gasteiger partial charge in [0.15, 0.2) is 0 Å². The van der Waals surface area contributed by atoms with Crippen molar-refractivity contribution < 1.29 is 18.0 Å². The Labute approximate surface area is 118 Å². The lowest BCUT2D eigenvalue weighted by Gasteiger charge is -2.32. The van der Waals surface area contributed by atoms with E-state index in [1.54, 1.807) is 0 Å². The predicted octanol–water partition coefficient (Wildman–Crippen LogP) is -2.39. The minimum atomic E-state index is -3.30. The predicted molar refractivity (Wildman–Crippen MR) is 72.4 cm³/mol. The first-order valence-electron chi connectivity index (χ1n) is 6.64. The van der Waals surface area contributed by atoms with Crippen molar-refractivity contribution in [1.29, 1.82) is 0 Å². The van der Waals surface area contributed by atoms with E-state index in [1.807, 2.05) is 0 Å². The molecule has 0 aromatic rings. The second-order valence-electron chi connectivity index (χ2n) is 5.12. The van der Waals surface area contributed by atoms with Crippen molar-refractivity contribution in [1.82, 2.24) is 20.3 Å². The first-order chi connectivity index (χ1) is 9.38. The van der Waals surface area contributed by atoms with Crippen LogP contribution in [0, 0.1) is 0 Å². The number of hydrogen-bond acceptors (Lipinski definition) is 5. The standard InChI is InChI=1S/C11H20N4O4S/c1-20(18,19)15-6-5-12-9(7-15)11(17)14-8-3-2-4-13-10(8)16/h8-9,12H,2-7H2,1H3,(H,13,16)(H,14,17). The zero-order valence-corrected chi connectivity index (χ0v) is 12.2. The number of nitrogens with zero attached hydrogens (tertiary/aromatic N) is 1. The van der Waals surface area contributed by atoms with Crippen LogP contribution in [0.4, 0.5) is 0 Å². The topological polar surface area (TPSA) is 108 Å². The first-order valence-corrected chi connectivity index (χ1v) is 8.49. The Balaban J connectivity index is 1.93. The maximum absolute atomic E-state index is 12.1. The summed E-state index contributed by atoms with van der Waals surface area (Å²) in [4.78, 5) is 23.7. The highest BCUT2D eigenvalue weighted by Crippen LogP contribution is 2.07. The number of nitrogens with one attached hydrogen (secondary N) is 3. The quantitative estimate of drug-likeness (QED) is 0.539. The minimum Gasteiger partial charge on any atom is -0.354 e. The summed E-state index contributed by atoms with van der Waals surface area (Å²) in [5.74, 6) is -0.513. The van der Waals surface area contributed by atoms with Crippen LogP contribution in [0.15, 0.2) is 0 Å². The Bertz CT molecular complexity index is 493. The van der Waals surface area contributed by atoms with Gasteiger partial charge in [0, 0.05) is 26.2 Å². The number of rotatable bonds is 3. The summed E-state index contributed by atoms with van der Waals surface area (Å²) in [7, 11) is -3.30.